The van der Waals surface area contributed by atoms with Crippen LogP contribution in [-0.2, 0) is 12.7 Å². The number of alkyl halides is 3. The van der Waals surface area contributed by atoms with Gasteiger partial charge in [0.15, 0.2) is 0 Å². The summed E-state index contributed by atoms with van der Waals surface area (Å²) in [5.41, 5.74) is 5.73. The Hall–Kier alpha value is -1.07. The predicted octanol–water partition coefficient (Wildman–Crippen LogP) is 2.24. The highest BCUT2D eigenvalue weighted by molar-refractivity contribution is 5.26. The van der Waals surface area contributed by atoms with E-state index in [1.54, 1.807) is 6.07 Å². The largest absolute Gasteiger partial charge is 0.416 e. The van der Waals surface area contributed by atoms with Crippen molar-refractivity contribution in [3.8, 4) is 0 Å². The molecule has 2 nitrogen and oxygen atoms in total. The van der Waals surface area contributed by atoms with Crippen LogP contribution < -0.4 is 5.73 Å². The Balaban J connectivity index is 2.03. The molecule has 0 atom stereocenters. The van der Waals surface area contributed by atoms with Crippen LogP contribution >= 0.6 is 0 Å². The lowest BCUT2D eigenvalue weighted by Crippen LogP contribution is -2.64. The fraction of sp³-hybridized carbons (Fsp3) is 0.500. The van der Waals surface area contributed by atoms with E-state index in [0.29, 0.717) is 12.1 Å². The fourth-order valence-corrected chi connectivity index (χ4v) is 2.19. The third-order valence-electron chi connectivity index (χ3n) is 2.83. The molecule has 2 N–H and O–H groups in total. The number of likely N-dealkylation sites (tertiary alicyclic amines) is 1. The molecule has 94 valence electrons. The van der Waals surface area contributed by atoms with Crippen molar-refractivity contribution in [2.75, 3.05) is 13.1 Å². The van der Waals surface area contributed by atoms with Crippen LogP contribution in [0, 0.1) is 0 Å². The van der Waals surface area contributed by atoms with E-state index < -0.39 is 11.7 Å². The molecule has 17 heavy (non-hydrogen) atoms. The molecule has 0 spiro atoms. The van der Waals surface area contributed by atoms with Gasteiger partial charge in [-0.3, -0.25) is 4.90 Å². The average Bonchev–Trinajstić information content (AvgIpc) is 2.14. The maximum Gasteiger partial charge on any atom is 0.416 e. The van der Waals surface area contributed by atoms with E-state index in [9.17, 15) is 13.2 Å². The summed E-state index contributed by atoms with van der Waals surface area (Å²) in [6.45, 7) is 3.92. The molecule has 1 fully saturated rings. The van der Waals surface area contributed by atoms with E-state index in [-0.39, 0.29) is 5.54 Å². The fourth-order valence-electron chi connectivity index (χ4n) is 2.19. The second kappa shape index (κ2) is 3.99. The van der Waals surface area contributed by atoms with Gasteiger partial charge in [-0.1, -0.05) is 18.2 Å². The molecule has 1 aromatic carbocycles. The van der Waals surface area contributed by atoms with Crippen molar-refractivity contribution in [3.63, 3.8) is 0 Å². The van der Waals surface area contributed by atoms with Gasteiger partial charge in [0, 0.05) is 25.2 Å². The summed E-state index contributed by atoms with van der Waals surface area (Å²) in [5, 5.41) is 0. The van der Waals surface area contributed by atoms with Crippen LogP contribution in [0.1, 0.15) is 18.1 Å². The molecule has 5 heteroatoms. The number of nitrogens with two attached hydrogens (primary N) is 1. The van der Waals surface area contributed by atoms with Crippen molar-refractivity contribution < 1.29 is 13.2 Å². The highest BCUT2D eigenvalue weighted by Gasteiger charge is 2.35. The van der Waals surface area contributed by atoms with Gasteiger partial charge in [-0.25, -0.2) is 0 Å². The summed E-state index contributed by atoms with van der Waals surface area (Å²) in [7, 11) is 0. The molecule has 0 amide bonds. The number of hydrogen-bond donors (Lipinski definition) is 1. The summed E-state index contributed by atoms with van der Waals surface area (Å²) >= 11 is 0. The molecular formula is C12H15F3N2. The molecule has 0 saturated carbocycles. The van der Waals surface area contributed by atoms with Gasteiger partial charge in [0.05, 0.1) is 5.56 Å². The van der Waals surface area contributed by atoms with Crippen LogP contribution in [-0.4, -0.2) is 23.5 Å². The molecule has 0 radical (unpaired) electrons. The first-order valence-electron chi connectivity index (χ1n) is 5.44. The number of halogens is 3. The highest BCUT2D eigenvalue weighted by Crippen LogP contribution is 2.30. The molecule has 0 aromatic heterocycles. The topological polar surface area (TPSA) is 29.3 Å². The quantitative estimate of drug-likeness (QED) is 0.864. The van der Waals surface area contributed by atoms with Gasteiger partial charge in [-0.15, -0.1) is 0 Å². The number of nitrogens with zero attached hydrogens (tertiary/aromatic N) is 1. The summed E-state index contributed by atoms with van der Waals surface area (Å²) in [5.74, 6) is 0. The van der Waals surface area contributed by atoms with Gasteiger partial charge >= 0.3 is 6.18 Å². The third kappa shape index (κ3) is 2.98. The van der Waals surface area contributed by atoms with Gasteiger partial charge in [-0.2, -0.15) is 13.2 Å². The van der Waals surface area contributed by atoms with Crippen LogP contribution in [0.5, 0.6) is 0 Å². The molecule has 1 heterocycles. The lowest BCUT2D eigenvalue weighted by atomic mass is 9.93. The minimum absolute atomic E-state index is 0.193. The summed E-state index contributed by atoms with van der Waals surface area (Å²) in [4.78, 5) is 2.04. The first-order chi connectivity index (χ1) is 7.76. The zero-order valence-corrected chi connectivity index (χ0v) is 9.59. The SMILES string of the molecule is CC1(N)CN(Cc2cccc(C(F)(F)F)c2)C1. The minimum Gasteiger partial charge on any atom is -0.323 e. The number of rotatable bonds is 2. The Kier molecular flexibility index (Phi) is 2.91. The highest BCUT2D eigenvalue weighted by atomic mass is 19.4. The summed E-state index contributed by atoms with van der Waals surface area (Å²) in [6.07, 6.45) is -4.27. The van der Waals surface area contributed by atoms with E-state index in [0.717, 1.165) is 19.2 Å². The van der Waals surface area contributed by atoms with Gasteiger partial charge in [0.2, 0.25) is 0 Å². The standard InChI is InChI=1S/C12H15F3N2/c1-11(16)7-17(8-11)6-9-3-2-4-10(5-9)12(13,14)15/h2-5H,6-8,16H2,1H3. The van der Waals surface area contributed by atoms with Crippen LogP contribution in [0.2, 0.25) is 0 Å². The first-order valence-corrected chi connectivity index (χ1v) is 5.44. The first kappa shape index (κ1) is 12.4. The Morgan fingerprint density at radius 2 is 2.00 bits per heavy atom. The van der Waals surface area contributed by atoms with E-state index in [4.69, 9.17) is 5.73 Å². The van der Waals surface area contributed by atoms with E-state index in [2.05, 4.69) is 0 Å². The van der Waals surface area contributed by atoms with Crippen molar-refractivity contribution in [2.45, 2.75) is 25.2 Å². The lowest BCUT2D eigenvalue weighted by molar-refractivity contribution is -0.137. The normalized spacial score (nSPS) is 20.1. The van der Waals surface area contributed by atoms with Crippen LogP contribution in [0.3, 0.4) is 0 Å². The maximum atomic E-state index is 12.5. The third-order valence-corrected chi connectivity index (χ3v) is 2.83. The molecule has 1 saturated heterocycles. The lowest BCUT2D eigenvalue weighted by Gasteiger charge is -2.45. The average molecular weight is 244 g/mol. The van der Waals surface area contributed by atoms with E-state index in [1.165, 1.54) is 12.1 Å². The maximum absolute atomic E-state index is 12.5. The molecule has 0 aliphatic carbocycles. The molecule has 1 aliphatic rings. The number of hydrogen-bond acceptors (Lipinski definition) is 2. The molecule has 0 unspecified atom stereocenters. The van der Waals surface area contributed by atoms with Crippen molar-refractivity contribution >= 4 is 0 Å². The van der Waals surface area contributed by atoms with E-state index >= 15 is 0 Å². The Bertz CT molecular complexity index is 404. The molecule has 1 aliphatic heterocycles. The van der Waals surface area contributed by atoms with Crippen molar-refractivity contribution in [3.05, 3.63) is 35.4 Å². The van der Waals surface area contributed by atoms with Gasteiger partial charge in [0.25, 0.3) is 0 Å². The van der Waals surface area contributed by atoms with Crippen molar-refractivity contribution in [1.82, 2.24) is 4.90 Å². The molecule has 1 aromatic rings. The zero-order chi connectivity index (χ0) is 12.7. The predicted molar refractivity (Wildman–Crippen MR) is 59.3 cm³/mol. The van der Waals surface area contributed by atoms with Crippen molar-refractivity contribution in [2.24, 2.45) is 5.73 Å². The van der Waals surface area contributed by atoms with Crippen LogP contribution in [0.4, 0.5) is 13.2 Å². The number of benzene rings is 1. The Morgan fingerprint density at radius 3 is 2.53 bits per heavy atom. The van der Waals surface area contributed by atoms with Gasteiger partial charge in [0.1, 0.15) is 0 Å². The monoisotopic (exact) mass is 244 g/mol. The van der Waals surface area contributed by atoms with Gasteiger partial charge in [-0.05, 0) is 18.6 Å². The minimum atomic E-state index is -4.27. The Labute approximate surface area is 98.2 Å². The summed E-state index contributed by atoms with van der Waals surface area (Å²) < 4.78 is 37.5. The smallest absolute Gasteiger partial charge is 0.323 e. The van der Waals surface area contributed by atoms with Gasteiger partial charge < -0.3 is 5.73 Å². The molecule has 0 bridgehead atoms. The molecular weight excluding hydrogens is 229 g/mol. The zero-order valence-electron chi connectivity index (χ0n) is 9.59. The van der Waals surface area contributed by atoms with Crippen LogP contribution in [0.25, 0.3) is 0 Å². The van der Waals surface area contributed by atoms with Crippen molar-refractivity contribution in [1.29, 1.82) is 0 Å². The van der Waals surface area contributed by atoms with Crippen LogP contribution in [0.15, 0.2) is 24.3 Å². The second-order valence-corrected chi connectivity index (χ2v) is 5.00. The summed E-state index contributed by atoms with van der Waals surface area (Å²) in [6, 6.07) is 5.44. The second-order valence-electron chi connectivity index (χ2n) is 5.00. The Morgan fingerprint density at radius 1 is 1.35 bits per heavy atom. The van der Waals surface area contributed by atoms with E-state index in [1.807, 2.05) is 11.8 Å². The molecule has 2 rings (SSSR count).